The highest BCUT2D eigenvalue weighted by Gasteiger charge is 2.00. The fraction of sp³-hybridized carbons (Fsp3) is 0.857. The van der Waals surface area contributed by atoms with Crippen molar-refractivity contribution in [2.75, 3.05) is 20.1 Å². The molecule has 0 saturated heterocycles. The van der Waals surface area contributed by atoms with Crippen LogP contribution in [-0.4, -0.2) is 30.3 Å². The van der Waals surface area contributed by atoms with Crippen LogP contribution in [0.3, 0.4) is 0 Å². The number of carbonyl (C=O) groups is 1. The van der Waals surface area contributed by atoms with Crippen molar-refractivity contribution in [1.82, 2.24) is 4.90 Å². The summed E-state index contributed by atoms with van der Waals surface area (Å²) in [5.41, 5.74) is 0. The van der Waals surface area contributed by atoms with Gasteiger partial charge in [-0.05, 0) is 31.6 Å². The highest BCUT2D eigenvalue weighted by molar-refractivity contribution is 6.64. The van der Waals surface area contributed by atoms with Crippen LogP contribution in [0.5, 0.6) is 0 Å². The Labute approximate surface area is 67.2 Å². The summed E-state index contributed by atoms with van der Waals surface area (Å²) in [4.78, 5) is 12.3. The van der Waals surface area contributed by atoms with Crippen molar-refractivity contribution >= 4 is 16.8 Å². The molecule has 2 nitrogen and oxygen atoms in total. The van der Waals surface area contributed by atoms with E-state index in [1.54, 1.807) is 0 Å². The largest absolute Gasteiger partial charge is 0.298 e. The fourth-order valence-electron chi connectivity index (χ4n) is 0.719. The van der Waals surface area contributed by atoms with Gasteiger partial charge in [0.25, 0.3) is 0 Å². The number of hydrogen-bond donors (Lipinski definition) is 0. The van der Waals surface area contributed by atoms with Crippen molar-refractivity contribution in [2.45, 2.75) is 19.8 Å². The molecule has 0 spiro atoms. The minimum Gasteiger partial charge on any atom is -0.298 e. The van der Waals surface area contributed by atoms with E-state index in [4.69, 9.17) is 11.6 Å². The van der Waals surface area contributed by atoms with Crippen LogP contribution in [0.1, 0.15) is 19.8 Å². The number of unbranched alkanes of at least 4 members (excludes halogenated alkanes) is 1. The van der Waals surface area contributed by atoms with E-state index >= 15 is 0 Å². The third-order valence-electron chi connectivity index (χ3n) is 1.29. The van der Waals surface area contributed by atoms with E-state index in [-0.39, 0.29) is 5.24 Å². The van der Waals surface area contributed by atoms with E-state index in [1.807, 2.05) is 11.9 Å². The maximum absolute atomic E-state index is 10.3. The van der Waals surface area contributed by atoms with Crippen LogP contribution in [0.25, 0.3) is 0 Å². The van der Waals surface area contributed by atoms with Crippen LogP contribution in [-0.2, 0) is 4.79 Å². The summed E-state index contributed by atoms with van der Waals surface area (Å²) < 4.78 is 0. The predicted molar refractivity (Wildman–Crippen MR) is 43.3 cm³/mol. The van der Waals surface area contributed by atoms with Crippen LogP contribution in [0.2, 0.25) is 0 Å². The molecule has 0 heterocycles. The topological polar surface area (TPSA) is 20.3 Å². The minimum absolute atomic E-state index is 0.279. The van der Waals surface area contributed by atoms with Crippen LogP contribution in [0.15, 0.2) is 0 Å². The molecule has 0 radical (unpaired) electrons. The lowest BCUT2D eigenvalue weighted by Crippen LogP contribution is -2.24. The molecule has 0 aliphatic rings. The summed E-state index contributed by atoms with van der Waals surface area (Å²) in [6.07, 6.45) is 2.28. The fourth-order valence-corrected chi connectivity index (χ4v) is 0.923. The summed E-state index contributed by atoms with van der Waals surface area (Å²) in [5.74, 6) is 0. The Morgan fingerprint density at radius 2 is 2.20 bits per heavy atom. The zero-order valence-electron chi connectivity index (χ0n) is 6.56. The molecule has 0 N–H and O–H groups in total. The molecule has 0 fully saturated rings. The predicted octanol–water partition coefficient (Wildman–Crippen LogP) is 1.48. The van der Waals surface area contributed by atoms with Gasteiger partial charge in [0.2, 0.25) is 5.24 Å². The number of halogens is 1. The summed E-state index contributed by atoms with van der Waals surface area (Å²) in [7, 11) is 1.90. The first-order valence-electron chi connectivity index (χ1n) is 3.53. The molecular formula is C7H14ClNO. The van der Waals surface area contributed by atoms with Gasteiger partial charge in [-0.1, -0.05) is 13.3 Å². The van der Waals surface area contributed by atoms with Crippen molar-refractivity contribution in [2.24, 2.45) is 0 Å². The van der Waals surface area contributed by atoms with Gasteiger partial charge in [0.15, 0.2) is 0 Å². The molecule has 0 unspecified atom stereocenters. The molecule has 0 aliphatic heterocycles. The molecule has 60 valence electrons. The zero-order chi connectivity index (χ0) is 7.98. The molecule has 0 rings (SSSR count). The Bertz CT molecular complexity index is 106. The second-order valence-corrected chi connectivity index (χ2v) is 2.87. The Hall–Kier alpha value is -0.0800. The third-order valence-corrected chi connectivity index (χ3v) is 1.41. The van der Waals surface area contributed by atoms with Gasteiger partial charge in [0.05, 0.1) is 6.54 Å². The average Bonchev–Trinajstić information content (AvgIpc) is 1.82. The Morgan fingerprint density at radius 1 is 1.60 bits per heavy atom. The molecule has 0 bridgehead atoms. The maximum Gasteiger partial charge on any atom is 0.235 e. The van der Waals surface area contributed by atoms with E-state index in [1.165, 1.54) is 0 Å². The first-order chi connectivity index (χ1) is 4.66. The van der Waals surface area contributed by atoms with Crippen LogP contribution in [0.4, 0.5) is 0 Å². The SMILES string of the molecule is CCCCN(C)CC(=O)Cl. The molecule has 0 aromatic rings. The van der Waals surface area contributed by atoms with Crippen molar-refractivity contribution < 1.29 is 4.79 Å². The van der Waals surface area contributed by atoms with Crippen LogP contribution < -0.4 is 0 Å². The van der Waals surface area contributed by atoms with E-state index in [0.717, 1.165) is 19.4 Å². The van der Waals surface area contributed by atoms with Gasteiger partial charge in [-0.25, -0.2) is 0 Å². The molecule has 0 amide bonds. The van der Waals surface area contributed by atoms with Crippen LogP contribution in [0, 0.1) is 0 Å². The van der Waals surface area contributed by atoms with Crippen molar-refractivity contribution in [3.63, 3.8) is 0 Å². The van der Waals surface area contributed by atoms with E-state index in [9.17, 15) is 4.79 Å². The van der Waals surface area contributed by atoms with E-state index in [0.29, 0.717) is 6.54 Å². The van der Waals surface area contributed by atoms with Crippen molar-refractivity contribution in [3.8, 4) is 0 Å². The minimum atomic E-state index is -0.279. The van der Waals surface area contributed by atoms with Gasteiger partial charge in [0, 0.05) is 0 Å². The summed E-state index contributed by atoms with van der Waals surface area (Å²) in [6.45, 7) is 3.44. The van der Waals surface area contributed by atoms with E-state index in [2.05, 4.69) is 6.92 Å². The van der Waals surface area contributed by atoms with Gasteiger partial charge in [-0.15, -0.1) is 0 Å². The highest BCUT2D eigenvalue weighted by Crippen LogP contribution is 1.92. The van der Waals surface area contributed by atoms with Gasteiger partial charge in [-0.2, -0.15) is 0 Å². The average molecular weight is 164 g/mol. The Balaban J connectivity index is 3.25. The summed E-state index contributed by atoms with van der Waals surface area (Å²) in [5, 5.41) is -0.279. The first-order valence-corrected chi connectivity index (χ1v) is 3.91. The number of nitrogens with zero attached hydrogens (tertiary/aromatic N) is 1. The second-order valence-electron chi connectivity index (χ2n) is 2.45. The standard InChI is InChI=1S/C7H14ClNO/c1-3-4-5-9(2)6-7(8)10/h3-6H2,1-2H3. The number of hydrogen-bond acceptors (Lipinski definition) is 2. The molecule has 0 aliphatic carbocycles. The molecule has 0 atom stereocenters. The van der Waals surface area contributed by atoms with Gasteiger partial charge in [-0.3, -0.25) is 9.69 Å². The monoisotopic (exact) mass is 163 g/mol. The lowest BCUT2D eigenvalue weighted by Gasteiger charge is -2.12. The lowest BCUT2D eigenvalue weighted by atomic mass is 10.3. The maximum atomic E-state index is 10.3. The second kappa shape index (κ2) is 5.69. The first kappa shape index (κ1) is 9.92. The molecule has 3 heteroatoms. The highest BCUT2D eigenvalue weighted by atomic mass is 35.5. The van der Waals surface area contributed by atoms with Crippen molar-refractivity contribution in [3.05, 3.63) is 0 Å². The molecule has 0 aromatic carbocycles. The van der Waals surface area contributed by atoms with Crippen molar-refractivity contribution in [1.29, 1.82) is 0 Å². The van der Waals surface area contributed by atoms with Gasteiger partial charge < -0.3 is 0 Å². The number of carbonyl (C=O) groups excluding carboxylic acids is 1. The molecule has 10 heavy (non-hydrogen) atoms. The normalized spacial score (nSPS) is 10.4. The molecular weight excluding hydrogens is 150 g/mol. The van der Waals surface area contributed by atoms with Gasteiger partial charge >= 0.3 is 0 Å². The lowest BCUT2D eigenvalue weighted by molar-refractivity contribution is -0.112. The third kappa shape index (κ3) is 6.05. The van der Waals surface area contributed by atoms with Gasteiger partial charge in [0.1, 0.15) is 0 Å². The number of rotatable bonds is 5. The number of likely N-dealkylation sites (N-methyl/N-ethyl adjacent to an activating group) is 1. The summed E-state index contributed by atoms with van der Waals surface area (Å²) in [6, 6.07) is 0. The Morgan fingerprint density at radius 3 is 2.60 bits per heavy atom. The smallest absolute Gasteiger partial charge is 0.235 e. The Kier molecular flexibility index (Phi) is 5.64. The molecule has 0 saturated carbocycles. The van der Waals surface area contributed by atoms with E-state index < -0.39 is 0 Å². The van der Waals surface area contributed by atoms with Crippen LogP contribution >= 0.6 is 11.6 Å². The molecule has 0 aromatic heterocycles. The zero-order valence-corrected chi connectivity index (χ0v) is 7.32. The quantitative estimate of drug-likeness (QED) is 0.573. The summed E-state index contributed by atoms with van der Waals surface area (Å²) >= 11 is 5.17.